The highest BCUT2D eigenvalue weighted by Gasteiger charge is 2.33. The van der Waals surface area contributed by atoms with Gasteiger partial charge in [0.15, 0.2) is 23.3 Å². The highest BCUT2D eigenvalue weighted by Crippen LogP contribution is 2.41. The second-order valence-corrected chi connectivity index (χ2v) is 11.2. The minimum atomic E-state index is -0.739. The Bertz CT molecular complexity index is 1350. The lowest BCUT2D eigenvalue weighted by Crippen LogP contribution is -2.34. The Kier molecular flexibility index (Phi) is 8.51. The van der Waals surface area contributed by atoms with E-state index < -0.39 is 17.6 Å². The number of aliphatic carboxylic acids is 1. The Balaban J connectivity index is 1.30. The van der Waals surface area contributed by atoms with Crippen LogP contribution in [0.25, 0.3) is 0 Å². The number of rotatable bonds is 10. The van der Waals surface area contributed by atoms with Gasteiger partial charge in [-0.2, -0.15) is 0 Å². The van der Waals surface area contributed by atoms with Crippen molar-refractivity contribution in [2.75, 3.05) is 13.2 Å². The summed E-state index contributed by atoms with van der Waals surface area (Å²) in [5, 5.41) is 29.0. The van der Waals surface area contributed by atoms with Crippen LogP contribution in [0.4, 0.5) is 8.78 Å². The lowest BCUT2D eigenvalue weighted by atomic mass is 9.81. The zero-order valence-electron chi connectivity index (χ0n) is 22.0. The molecule has 214 valence electrons. The largest absolute Gasteiger partial charge is 0.494 e. The van der Waals surface area contributed by atoms with E-state index in [9.17, 15) is 24.5 Å². The topological polar surface area (TPSA) is 95.2 Å². The molecule has 0 radical (unpaired) electrons. The first-order valence-electron chi connectivity index (χ1n) is 13.6. The van der Waals surface area contributed by atoms with E-state index in [1.54, 1.807) is 12.1 Å². The van der Waals surface area contributed by atoms with Crippen LogP contribution in [-0.2, 0) is 24.3 Å². The highest BCUT2D eigenvalue weighted by molar-refractivity contribution is 6.30. The van der Waals surface area contributed by atoms with Gasteiger partial charge >= 0.3 is 5.97 Å². The van der Waals surface area contributed by atoms with Crippen LogP contribution in [0.5, 0.6) is 17.5 Å². The van der Waals surface area contributed by atoms with Crippen molar-refractivity contribution in [3.05, 3.63) is 75.8 Å². The van der Waals surface area contributed by atoms with Gasteiger partial charge in [-0.1, -0.05) is 17.7 Å². The van der Waals surface area contributed by atoms with E-state index in [1.165, 1.54) is 28.8 Å². The number of ether oxygens (including phenoxy) is 1. The van der Waals surface area contributed by atoms with E-state index >= 15 is 4.39 Å². The molecule has 1 unspecified atom stereocenters. The third kappa shape index (κ3) is 6.20. The maximum Gasteiger partial charge on any atom is 0.306 e. The van der Waals surface area contributed by atoms with Crippen molar-refractivity contribution in [1.82, 2.24) is 9.47 Å². The molecule has 2 aliphatic rings. The van der Waals surface area contributed by atoms with Crippen molar-refractivity contribution in [2.45, 2.75) is 57.7 Å². The Morgan fingerprint density at radius 1 is 1.00 bits per heavy atom. The first kappa shape index (κ1) is 28.2. The van der Waals surface area contributed by atoms with Gasteiger partial charge in [-0.3, -0.25) is 14.3 Å². The number of benzene rings is 2. The molecule has 7 nitrogen and oxygen atoms in total. The summed E-state index contributed by atoms with van der Waals surface area (Å²) >= 11 is 6.15. The molecule has 2 aromatic carbocycles. The van der Waals surface area contributed by atoms with Crippen LogP contribution in [0, 0.1) is 23.5 Å². The van der Waals surface area contributed by atoms with E-state index in [0.717, 1.165) is 48.9 Å². The fourth-order valence-electron chi connectivity index (χ4n) is 6.10. The summed E-state index contributed by atoms with van der Waals surface area (Å²) in [6.45, 7) is 1.37. The molecular weight excluding hydrogens is 542 g/mol. The molecule has 1 heterocycles. The lowest BCUT2D eigenvalue weighted by molar-refractivity contribution is -0.143. The number of aryl methyl sites for hydroxylation is 1. The minimum absolute atomic E-state index is 0.00814. The molecule has 2 aliphatic carbocycles. The van der Waals surface area contributed by atoms with Gasteiger partial charge in [-0.05, 0) is 85.4 Å². The van der Waals surface area contributed by atoms with Gasteiger partial charge in [0.05, 0.1) is 17.5 Å². The second kappa shape index (κ2) is 12.1. The van der Waals surface area contributed by atoms with Gasteiger partial charge in [0, 0.05) is 31.3 Å². The summed E-state index contributed by atoms with van der Waals surface area (Å²) in [5.41, 5.74) is 2.68. The average molecular weight is 575 g/mol. The zero-order chi connectivity index (χ0) is 28.4. The number of aromatic hydroxyl groups is 2. The zero-order valence-corrected chi connectivity index (χ0v) is 22.8. The molecule has 1 saturated carbocycles. The Morgan fingerprint density at radius 3 is 2.40 bits per heavy atom. The van der Waals surface area contributed by atoms with Crippen molar-refractivity contribution in [2.24, 2.45) is 11.8 Å². The third-order valence-corrected chi connectivity index (χ3v) is 8.54. The summed E-state index contributed by atoms with van der Waals surface area (Å²) in [6, 6.07) is 10.8. The molecular formula is C30H33ClF2N2O5. The maximum atomic E-state index is 15.1. The molecule has 0 aliphatic heterocycles. The van der Waals surface area contributed by atoms with Crippen molar-refractivity contribution >= 4 is 17.6 Å². The Labute approximate surface area is 236 Å². The molecule has 5 rings (SSSR count). The molecule has 1 aromatic heterocycles. The van der Waals surface area contributed by atoms with Crippen molar-refractivity contribution in [3.63, 3.8) is 0 Å². The quantitative estimate of drug-likeness (QED) is 0.263. The van der Waals surface area contributed by atoms with Crippen LogP contribution in [-0.4, -0.2) is 43.9 Å². The molecule has 10 heteroatoms. The number of carboxylic acids is 1. The summed E-state index contributed by atoms with van der Waals surface area (Å²) in [5.74, 6) is -1.82. The number of hydrogen-bond donors (Lipinski definition) is 3. The number of hydrogen-bond acceptors (Lipinski definition) is 5. The van der Waals surface area contributed by atoms with Crippen LogP contribution in [0.1, 0.15) is 54.8 Å². The fourth-order valence-corrected chi connectivity index (χ4v) is 6.27. The fraction of sp³-hybridized carbons (Fsp3) is 0.433. The summed E-state index contributed by atoms with van der Waals surface area (Å²) in [7, 11) is 0. The molecule has 0 saturated heterocycles. The van der Waals surface area contributed by atoms with E-state index in [2.05, 4.69) is 4.90 Å². The Morgan fingerprint density at radius 2 is 1.73 bits per heavy atom. The summed E-state index contributed by atoms with van der Waals surface area (Å²) < 4.78 is 36.0. The third-order valence-electron chi connectivity index (χ3n) is 8.25. The normalized spacial score (nSPS) is 20.6. The standard InChI is InChI=1S/C30H33ClF2N2O5/c31-23-15-22-21(14-24(23)32)6-7-26(22)34(16-18-1-4-20(5-2-18)30(38)39)17-19-3-8-27(25(33)13-19)40-12-11-35-28(36)9-10-29(35)37/h3,8-10,13-15,18,20,26,36-37H,1-2,4-7,11-12,16-17H2,(H,38,39). The predicted molar refractivity (Wildman–Crippen MR) is 146 cm³/mol. The molecule has 3 N–H and O–H groups in total. The maximum absolute atomic E-state index is 15.1. The van der Waals surface area contributed by atoms with Crippen molar-refractivity contribution < 1.29 is 33.6 Å². The van der Waals surface area contributed by atoms with Gasteiger partial charge in [-0.25, -0.2) is 8.78 Å². The number of carbonyl (C=O) groups is 1. The second-order valence-electron chi connectivity index (χ2n) is 10.8. The Hall–Kier alpha value is -3.30. The number of nitrogens with zero attached hydrogens (tertiary/aromatic N) is 2. The van der Waals surface area contributed by atoms with E-state index in [0.29, 0.717) is 25.3 Å². The van der Waals surface area contributed by atoms with E-state index in [-0.39, 0.29) is 47.6 Å². The van der Waals surface area contributed by atoms with E-state index in [4.69, 9.17) is 16.3 Å². The lowest BCUT2D eigenvalue weighted by Gasteiger charge is -2.35. The van der Waals surface area contributed by atoms with Crippen LogP contribution >= 0.6 is 11.6 Å². The van der Waals surface area contributed by atoms with Crippen molar-refractivity contribution in [3.8, 4) is 17.5 Å². The highest BCUT2D eigenvalue weighted by atomic mass is 35.5. The van der Waals surface area contributed by atoms with Gasteiger partial charge in [0.25, 0.3) is 0 Å². The van der Waals surface area contributed by atoms with E-state index in [1.807, 2.05) is 6.07 Å². The summed E-state index contributed by atoms with van der Waals surface area (Å²) in [6.07, 6.45) is 4.43. The van der Waals surface area contributed by atoms with Gasteiger partial charge < -0.3 is 20.1 Å². The van der Waals surface area contributed by atoms with Crippen LogP contribution in [0.3, 0.4) is 0 Å². The van der Waals surface area contributed by atoms with Gasteiger partial charge in [-0.15, -0.1) is 0 Å². The molecule has 0 bridgehead atoms. The molecule has 0 spiro atoms. The monoisotopic (exact) mass is 574 g/mol. The van der Waals surface area contributed by atoms with Gasteiger partial charge in [0.2, 0.25) is 0 Å². The number of carboxylic acid groups (broad SMARTS) is 1. The SMILES string of the molecule is O=C(O)C1CCC(CN(Cc2ccc(OCCn3c(O)ccc3O)c(F)c2)C2CCc3cc(F)c(Cl)cc32)CC1. The minimum Gasteiger partial charge on any atom is -0.494 e. The molecule has 40 heavy (non-hydrogen) atoms. The first-order chi connectivity index (χ1) is 19.2. The number of halogens is 3. The smallest absolute Gasteiger partial charge is 0.306 e. The molecule has 0 amide bonds. The molecule has 1 atom stereocenters. The number of fused-ring (bicyclic) bond motifs is 1. The molecule has 1 fully saturated rings. The molecule has 3 aromatic rings. The van der Waals surface area contributed by atoms with Crippen LogP contribution in [0.15, 0.2) is 42.5 Å². The average Bonchev–Trinajstić information content (AvgIpc) is 3.47. The predicted octanol–water partition coefficient (Wildman–Crippen LogP) is 6.29. The van der Waals surface area contributed by atoms with Crippen LogP contribution < -0.4 is 4.74 Å². The van der Waals surface area contributed by atoms with Crippen LogP contribution in [0.2, 0.25) is 5.02 Å². The van der Waals surface area contributed by atoms with Gasteiger partial charge in [0.1, 0.15) is 12.4 Å². The first-order valence-corrected chi connectivity index (χ1v) is 14.0. The summed E-state index contributed by atoms with van der Waals surface area (Å²) in [4.78, 5) is 13.7. The van der Waals surface area contributed by atoms with Crippen molar-refractivity contribution in [1.29, 1.82) is 0 Å². The number of aromatic nitrogens is 1.